The first-order valence-electron chi connectivity index (χ1n) is 6.41. The van der Waals surface area contributed by atoms with Crippen LogP contribution in [0.1, 0.15) is 23.5 Å². The van der Waals surface area contributed by atoms with Gasteiger partial charge in [-0.15, -0.1) is 0 Å². The highest BCUT2D eigenvalue weighted by molar-refractivity contribution is 7.07. The summed E-state index contributed by atoms with van der Waals surface area (Å²) in [5.74, 6) is 0.358. The summed E-state index contributed by atoms with van der Waals surface area (Å²) in [5.41, 5.74) is 2.45. The van der Waals surface area contributed by atoms with Crippen LogP contribution >= 0.6 is 22.9 Å². The van der Waals surface area contributed by atoms with E-state index in [1.165, 1.54) is 24.1 Å². The third kappa shape index (κ3) is 2.99. The first-order chi connectivity index (χ1) is 9.22. The Kier molecular flexibility index (Phi) is 3.87. The summed E-state index contributed by atoms with van der Waals surface area (Å²) in [4.78, 5) is 2.39. The molecule has 0 bridgehead atoms. The minimum Gasteiger partial charge on any atom is -0.298 e. The van der Waals surface area contributed by atoms with Crippen LogP contribution in [0.2, 0.25) is 5.02 Å². The minimum absolute atomic E-state index is 0.272. The van der Waals surface area contributed by atoms with Crippen molar-refractivity contribution in [2.45, 2.75) is 18.9 Å². The van der Waals surface area contributed by atoms with E-state index in [0.717, 1.165) is 25.2 Å². The summed E-state index contributed by atoms with van der Waals surface area (Å²) < 4.78 is 13.0. The molecule has 1 fully saturated rings. The summed E-state index contributed by atoms with van der Waals surface area (Å²) in [6, 6.07) is 6.87. The van der Waals surface area contributed by atoms with Gasteiger partial charge in [-0.3, -0.25) is 4.90 Å². The summed E-state index contributed by atoms with van der Waals surface area (Å²) in [7, 11) is 0. The lowest BCUT2D eigenvalue weighted by molar-refractivity contribution is 0.327. The fourth-order valence-electron chi connectivity index (χ4n) is 2.65. The number of halogens is 2. The highest BCUT2D eigenvalue weighted by Crippen LogP contribution is 2.30. The van der Waals surface area contributed by atoms with Crippen LogP contribution in [0.25, 0.3) is 0 Å². The second-order valence-electron chi connectivity index (χ2n) is 5.01. The lowest BCUT2D eigenvalue weighted by Gasteiger charge is -2.16. The molecule has 0 unspecified atom stereocenters. The van der Waals surface area contributed by atoms with Gasteiger partial charge in [0.1, 0.15) is 5.82 Å². The van der Waals surface area contributed by atoms with Crippen LogP contribution in [-0.2, 0) is 6.54 Å². The monoisotopic (exact) mass is 295 g/mol. The molecule has 2 aromatic rings. The van der Waals surface area contributed by atoms with Crippen molar-refractivity contribution in [3.05, 3.63) is 57.0 Å². The van der Waals surface area contributed by atoms with Gasteiger partial charge in [-0.1, -0.05) is 17.7 Å². The smallest absolute Gasteiger partial charge is 0.124 e. The van der Waals surface area contributed by atoms with Gasteiger partial charge in [0.15, 0.2) is 0 Å². The maximum absolute atomic E-state index is 13.0. The van der Waals surface area contributed by atoms with Gasteiger partial charge in [0, 0.05) is 18.1 Å². The second kappa shape index (κ2) is 5.61. The van der Waals surface area contributed by atoms with Crippen LogP contribution < -0.4 is 0 Å². The van der Waals surface area contributed by atoms with Crippen molar-refractivity contribution in [1.29, 1.82) is 0 Å². The molecule has 3 rings (SSSR count). The summed E-state index contributed by atoms with van der Waals surface area (Å²) >= 11 is 7.83. The summed E-state index contributed by atoms with van der Waals surface area (Å²) in [5, 5.41) is 4.90. The quantitative estimate of drug-likeness (QED) is 0.804. The molecular formula is C15H15ClFNS. The zero-order valence-corrected chi connectivity index (χ0v) is 12.1. The van der Waals surface area contributed by atoms with Crippen LogP contribution in [0.3, 0.4) is 0 Å². The molecule has 1 nitrogen and oxygen atoms in total. The summed E-state index contributed by atoms with van der Waals surface area (Å²) in [6.45, 7) is 2.94. The molecule has 1 aromatic carbocycles. The topological polar surface area (TPSA) is 3.24 Å². The van der Waals surface area contributed by atoms with Crippen LogP contribution in [0.5, 0.6) is 0 Å². The maximum Gasteiger partial charge on any atom is 0.124 e. The molecular weight excluding hydrogens is 281 g/mol. The Morgan fingerprint density at radius 2 is 2.26 bits per heavy atom. The van der Waals surface area contributed by atoms with Crippen LogP contribution in [0.15, 0.2) is 35.0 Å². The number of thiophene rings is 1. The normalized spacial score (nSPS) is 20.0. The predicted molar refractivity (Wildman–Crippen MR) is 78.4 cm³/mol. The van der Waals surface area contributed by atoms with E-state index in [-0.39, 0.29) is 5.82 Å². The van der Waals surface area contributed by atoms with Crippen molar-refractivity contribution in [2.75, 3.05) is 13.1 Å². The highest BCUT2D eigenvalue weighted by Gasteiger charge is 2.24. The molecule has 1 saturated heterocycles. The lowest BCUT2D eigenvalue weighted by atomic mass is 10.0. The Morgan fingerprint density at radius 3 is 3.00 bits per heavy atom. The second-order valence-corrected chi connectivity index (χ2v) is 6.20. The third-order valence-electron chi connectivity index (χ3n) is 3.70. The molecule has 100 valence electrons. The van der Waals surface area contributed by atoms with E-state index in [1.54, 1.807) is 17.4 Å². The van der Waals surface area contributed by atoms with E-state index >= 15 is 0 Å². The Morgan fingerprint density at radius 1 is 1.37 bits per heavy atom. The zero-order valence-electron chi connectivity index (χ0n) is 10.5. The zero-order chi connectivity index (χ0) is 13.2. The molecule has 2 heterocycles. The SMILES string of the molecule is Fc1ccc(CN2CC[C@@H](c3ccsc3)C2)c(Cl)c1. The maximum atomic E-state index is 13.0. The van der Waals surface area contributed by atoms with E-state index in [4.69, 9.17) is 11.6 Å². The van der Waals surface area contributed by atoms with Crippen LogP contribution in [0.4, 0.5) is 4.39 Å². The van der Waals surface area contributed by atoms with Crippen LogP contribution in [-0.4, -0.2) is 18.0 Å². The third-order valence-corrected chi connectivity index (χ3v) is 4.75. The van der Waals surface area contributed by atoms with Gasteiger partial charge in [0.25, 0.3) is 0 Å². The van der Waals surface area contributed by atoms with Crippen molar-refractivity contribution >= 4 is 22.9 Å². The van der Waals surface area contributed by atoms with Gasteiger partial charge in [0.05, 0.1) is 0 Å². The molecule has 0 amide bonds. The van der Waals surface area contributed by atoms with Crippen molar-refractivity contribution in [3.63, 3.8) is 0 Å². The fourth-order valence-corrected chi connectivity index (χ4v) is 3.62. The average Bonchev–Trinajstić information content (AvgIpc) is 3.03. The summed E-state index contributed by atoms with van der Waals surface area (Å²) in [6.07, 6.45) is 1.19. The number of nitrogens with zero attached hydrogens (tertiary/aromatic N) is 1. The average molecular weight is 296 g/mol. The van der Waals surface area contributed by atoms with Gasteiger partial charge in [-0.2, -0.15) is 11.3 Å². The molecule has 0 N–H and O–H groups in total. The molecule has 0 radical (unpaired) electrons. The fraction of sp³-hybridized carbons (Fsp3) is 0.333. The molecule has 0 saturated carbocycles. The molecule has 0 spiro atoms. The molecule has 1 aliphatic rings. The van der Waals surface area contributed by atoms with E-state index < -0.39 is 0 Å². The predicted octanol–water partition coefficient (Wildman–Crippen LogP) is 4.53. The van der Waals surface area contributed by atoms with Crippen LogP contribution in [0, 0.1) is 5.82 Å². The van der Waals surface area contributed by atoms with Gasteiger partial charge in [0.2, 0.25) is 0 Å². The first-order valence-corrected chi connectivity index (χ1v) is 7.73. The molecule has 1 aliphatic heterocycles. The number of rotatable bonds is 3. The first kappa shape index (κ1) is 13.1. The number of hydrogen-bond acceptors (Lipinski definition) is 2. The Labute approximate surface area is 121 Å². The van der Waals surface area contributed by atoms with E-state index in [9.17, 15) is 4.39 Å². The lowest BCUT2D eigenvalue weighted by Crippen LogP contribution is -2.19. The van der Waals surface area contributed by atoms with E-state index in [2.05, 4.69) is 21.7 Å². The number of likely N-dealkylation sites (tertiary alicyclic amines) is 1. The van der Waals surface area contributed by atoms with Gasteiger partial charge in [-0.05, 0) is 59.0 Å². The van der Waals surface area contributed by atoms with Crippen molar-refractivity contribution < 1.29 is 4.39 Å². The number of benzene rings is 1. The largest absolute Gasteiger partial charge is 0.298 e. The molecule has 0 aliphatic carbocycles. The van der Waals surface area contributed by atoms with E-state index in [1.807, 2.05) is 0 Å². The highest BCUT2D eigenvalue weighted by atomic mass is 35.5. The van der Waals surface area contributed by atoms with Crippen molar-refractivity contribution in [2.24, 2.45) is 0 Å². The Bertz CT molecular complexity index is 555. The molecule has 1 aromatic heterocycles. The Hall–Kier alpha value is -0.900. The van der Waals surface area contributed by atoms with Gasteiger partial charge in [-0.25, -0.2) is 4.39 Å². The molecule has 1 atom stereocenters. The van der Waals surface area contributed by atoms with Gasteiger partial charge >= 0.3 is 0 Å². The molecule has 4 heteroatoms. The van der Waals surface area contributed by atoms with Gasteiger partial charge < -0.3 is 0 Å². The standard InChI is InChI=1S/C15H15ClFNS/c16-15-7-14(17)2-1-12(15)9-18-5-3-11(8-18)13-4-6-19-10-13/h1-2,4,6-7,10-11H,3,5,8-9H2/t11-/m1/s1. The van der Waals surface area contributed by atoms with Crippen molar-refractivity contribution in [3.8, 4) is 0 Å². The number of hydrogen-bond donors (Lipinski definition) is 0. The van der Waals surface area contributed by atoms with E-state index in [0.29, 0.717) is 10.9 Å². The minimum atomic E-state index is -0.272. The van der Waals surface area contributed by atoms with Crippen molar-refractivity contribution in [1.82, 2.24) is 4.90 Å². The Balaban J connectivity index is 1.65. The molecule has 19 heavy (non-hydrogen) atoms.